The summed E-state index contributed by atoms with van der Waals surface area (Å²) < 4.78 is 14.4. The Bertz CT molecular complexity index is 617. The molecule has 1 fully saturated rings. The van der Waals surface area contributed by atoms with Crippen LogP contribution >= 0.6 is 24.0 Å². The molecule has 0 saturated carbocycles. The minimum absolute atomic E-state index is 0. The lowest BCUT2D eigenvalue weighted by Crippen LogP contribution is -2.50. The van der Waals surface area contributed by atoms with Crippen LogP contribution in [0.25, 0.3) is 0 Å². The molecule has 1 aromatic heterocycles. The number of imidazole rings is 1. The van der Waals surface area contributed by atoms with E-state index >= 15 is 0 Å². The van der Waals surface area contributed by atoms with E-state index in [4.69, 9.17) is 21.1 Å². The summed E-state index contributed by atoms with van der Waals surface area (Å²) in [6.45, 7) is 6.36. The smallest absolute Gasteiger partial charge is 0.186 e. The molecule has 1 saturated heterocycles. The average molecular weight is 371 g/mol. The van der Waals surface area contributed by atoms with Crippen molar-refractivity contribution in [2.75, 3.05) is 13.2 Å². The molecule has 3 rings (SSSR count). The van der Waals surface area contributed by atoms with Gasteiger partial charge in [0.1, 0.15) is 0 Å². The molecule has 0 aliphatic carbocycles. The van der Waals surface area contributed by atoms with E-state index in [9.17, 15) is 0 Å². The van der Waals surface area contributed by atoms with Crippen LogP contribution in [0.3, 0.4) is 0 Å². The SMILES string of the molecule is CC1(C)COC(CCc2ccc(Cl)cc2)(Cn2ccnc2)OC1.Cl. The van der Waals surface area contributed by atoms with Crippen LogP contribution in [0, 0.1) is 5.41 Å². The van der Waals surface area contributed by atoms with Gasteiger partial charge in [0.2, 0.25) is 0 Å². The first-order chi connectivity index (χ1) is 11.0. The molecule has 0 atom stereocenters. The Morgan fingerprint density at radius 2 is 1.83 bits per heavy atom. The van der Waals surface area contributed by atoms with Crippen LogP contribution in [-0.2, 0) is 22.4 Å². The first-order valence-electron chi connectivity index (χ1n) is 7.95. The van der Waals surface area contributed by atoms with Crippen LogP contribution in [0.15, 0.2) is 43.0 Å². The molecule has 0 bridgehead atoms. The molecule has 0 radical (unpaired) electrons. The Hall–Kier alpha value is -1.07. The predicted octanol–water partition coefficient (Wildman–Crippen LogP) is 4.36. The van der Waals surface area contributed by atoms with Gasteiger partial charge in [0.15, 0.2) is 5.79 Å². The topological polar surface area (TPSA) is 36.3 Å². The third kappa shape index (κ3) is 4.96. The van der Waals surface area contributed by atoms with Gasteiger partial charge < -0.3 is 14.0 Å². The predicted molar refractivity (Wildman–Crippen MR) is 97.7 cm³/mol. The molecule has 24 heavy (non-hydrogen) atoms. The summed E-state index contributed by atoms with van der Waals surface area (Å²) >= 11 is 5.95. The first kappa shape index (κ1) is 19.3. The summed E-state index contributed by atoms with van der Waals surface area (Å²) in [5, 5.41) is 0.758. The number of benzene rings is 1. The Morgan fingerprint density at radius 1 is 1.17 bits per heavy atom. The van der Waals surface area contributed by atoms with Crippen molar-refractivity contribution in [3.05, 3.63) is 53.6 Å². The molecular formula is C18H24Cl2N2O2. The van der Waals surface area contributed by atoms with Gasteiger partial charge in [-0.05, 0) is 24.1 Å². The summed E-state index contributed by atoms with van der Waals surface area (Å²) in [5.74, 6) is -0.601. The van der Waals surface area contributed by atoms with Gasteiger partial charge in [-0.3, -0.25) is 0 Å². The molecule has 2 heterocycles. The normalized spacial score (nSPS) is 18.8. The number of halogens is 2. The number of aryl methyl sites for hydroxylation is 1. The lowest BCUT2D eigenvalue weighted by molar-refractivity contribution is -0.307. The van der Waals surface area contributed by atoms with E-state index in [1.165, 1.54) is 5.56 Å². The third-order valence-electron chi connectivity index (χ3n) is 4.14. The van der Waals surface area contributed by atoms with Crippen LogP contribution in [0.2, 0.25) is 5.02 Å². The average Bonchev–Trinajstić information content (AvgIpc) is 3.03. The largest absolute Gasteiger partial charge is 0.348 e. The number of hydrogen-bond acceptors (Lipinski definition) is 3. The van der Waals surface area contributed by atoms with E-state index in [0.717, 1.165) is 17.9 Å². The molecule has 1 aliphatic heterocycles. The van der Waals surface area contributed by atoms with Crippen molar-refractivity contribution in [1.29, 1.82) is 0 Å². The second kappa shape index (κ2) is 7.87. The van der Waals surface area contributed by atoms with Gasteiger partial charge in [0.05, 0.1) is 26.1 Å². The van der Waals surface area contributed by atoms with E-state index in [2.05, 4.69) is 31.0 Å². The molecule has 6 heteroatoms. The molecule has 1 aliphatic rings. The van der Waals surface area contributed by atoms with Crippen molar-refractivity contribution in [3.8, 4) is 0 Å². The second-order valence-electron chi connectivity index (χ2n) is 7.01. The van der Waals surface area contributed by atoms with E-state index in [1.807, 2.05) is 22.9 Å². The van der Waals surface area contributed by atoms with Gasteiger partial charge in [0, 0.05) is 29.3 Å². The highest BCUT2D eigenvalue weighted by Crippen LogP contribution is 2.33. The van der Waals surface area contributed by atoms with Crippen molar-refractivity contribution >= 4 is 24.0 Å². The maximum absolute atomic E-state index is 6.20. The zero-order valence-electron chi connectivity index (χ0n) is 14.1. The number of rotatable bonds is 5. The summed E-state index contributed by atoms with van der Waals surface area (Å²) in [5.41, 5.74) is 1.29. The number of ether oxygens (including phenoxy) is 2. The first-order valence-corrected chi connectivity index (χ1v) is 8.32. The Labute approximate surface area is 154 Å². The molecule has 0 unspecified atom stereocenters. The number of nitrogens with zero attached hydrogens (tertiary/aromatic N) is 2. The van der Waals surface area contributed by atoms with E-state index < -0.39 is 5.79 Å². The molecule has 2 aromatic rings. The van der Waals surface area contributed by atoms with Gasteiger partial charge in [-0.2, -0.15) is 0 Å². The van der Waals surface area contributed by atoms with E-state index in [1.54, 1.807) is 12.5 Å². The molecule has 1 aromatic carbocycles. The summed E-state index contributed by atoms with van der Waals surface area (Å²) in [4.78, 5) is 4.11. The lowest BCUT2D eigenvalue weighted by atomic mass is 9.93. The van der Waals surface area contributed by atoms with Gasteiger partial charge in [-0.15, -0.1) is 12.4 Å². The molecule has 0 N–H and O–H groups in total. The fraction of sp³-hybridized carbons (Fsp3) is 0.500. The van der Waals surface area contributed by atoms with Crippen molar-refractivity contribution in [2.24, 2.45) is 5.41 Å². The molecule has 0 amide bonds. The van der Waals surface area contributed by atoms with Gasteiger partial charge >= 0.3 is 0 Å². The van der Waals surface area contributed by atoms with Crippen molar-refractivity contribution in [1.82, 2.24) is 9.55 Å². The summed E-state index contributed by atoms with van der Waals surface area (Å²) in [7, 11) is 0. The lowest BCUT2D eigenvalue weighted by Gasteiger charge is -2.43. The van der Waals surface area contributed by atoms with Gasteiger partial charge in [0.25, 0.3) is 0 Å². The number of aromatic nitrogens is 2. The Kier molecular flexibility index (Phi) is 6.32. The highest BCUT2D eigenvalue weighted by atomic mass is 35.5. The van der Waals surface area contributed by atoms with E-state index in [-0.39, 0.29) is 17.8 Å². The molecule has 132 valence electrons. The molecule has 0 spiro atoms. The van der Waals surface area contributed by atoms with Crippen molar-refractivity contribution in [3.63, 3.8) is 0 Å². The van der Waals surface area contributed by atoms with Gasteiger partial charge in [-0.1, -0.05) is 37.6 Å². The maximum atomic E-state index is 6.20. The minimum Gasteiger partial charge on any atom is -0.348 e. The van der Waals surface area contributed by atoms with E-state index in [0.29, 0.717) is 19.8 Å². The minimum atomic E-state index is -0.601. The standard InChI is InChI=1S/C18H23ClN2O2.ClH/c1-17(2)12-22-18(23-13-17,11-21-10-9-20-14-21)8-7-15-3-5-16(19)6-4-15;/h3-6,9-10,14H,7-8,11-13H2,1-2H3;1H. The third-order valence-corrected chi connectivity index (χ3v) is 4.39. The highest BCUT2D eigenvalue weighted by Gasteiger charge is 2.40. The monoisotopic (exact) mass is 370 g/mol. The Balaban J connectivity index is 0.00000208. The molecule has 4 nitrogen and oxygen atoms in total. The fourth-order valence-electron chi connectivity index (χ4n) is 2.70. The summed E-state index contributed by atoms with van der Waals surface area (Å²) in [6.07, 6.45) is 7.20. The van der Waals surface area contributed by atoms with Gasteiger partial charge in [-0.25, -0.2) is 4.98 Å². The van der Waals surface area contributed by atoms with Crippen LogP contribution in [0.4, 0.5) is 0 Å². The summed E-state index contributed by atoms with van der Waals surface area (Å²) in [6, 6.07) is 7.95. The van der Waals surface area contributed by atoms with Crippen LogP contribution in [0.1, 0.15) is 25.8 Å². The highest BCUT2D eigenvalue weighted by molar-refractivity contribution is 6.30. The second-order valence-corrected chi connectivity index (χ2v) is 7.45. The fourth-order valence-corrected chi connectivity index (χ4v) is 2.82. The van der Waals surface area contributed by atoms with Crippen molar-refractivity contribution in [2.45, 2.75) is 39.0 Å². The Morgan fingerprint density at radius 3 is 2.42 bits per heavy atom. The van der Waals surface area contributed by atoms with Crippen LogP contribution in [0.5, 0.6) is 0 Å². The molecular weight excluding hydrogens is 347 g/mol. The zero-order chi connectivity index (χ0) is 16.3. The number of hydrogen-bond donors (Lipinski definition) is 0. The maximum Gasteiger partial charge on any atom is 0.186 e. The van der Waals surface area contributed by atoms with Crippen molar-refractivity contribution < 1.29 is 9.47 Å². The van der Waals surface area contributed by atoms with Crippen LogP contribution in [-0.4, -0.2) is 28.6 Å². The quantitative estimate of drug-likeness (QED) is 0.784. The zero-order valence-corrected chi connectivity index (χ0v) is 15.6. The van der Waals surface area contributed by atoms with Crippen LogP contribution < -0.4 is 0 Å².